The van der Waals surface area contributed by atoms with Crippen LogP contribution in [0.4, 0.5) is 0 Å². The number of nitrogens with one attached hydrogen (secondary N) is 3. The van der Waals surface area contributed by atoms with E-state index in [4.69, 9.17) is 4.74 Å². The molecule has 34 heavy (non-hydrogen) atoms. The van der Waals surface area contributed by atoms with E-state index in [-0.39, 0.29) is 47.3 Å². The van der Waals surface area contributed by atoms with Crippen LogP contribution >= 0.6 is 0 Å². The van der Waals surface area contributed by atoms with E-state index in [1.165, 1.54) is 0 Å². The molecule has 1 aromatic heterocycles. The number of rotatable bonds is 6. The summed E-state index contributed by atoms with van der Waals surface area (Å²) in [6, 6.07) is 8.00. The van der Waals surface area contributed by atoms with Crippen LogP contribution in [0, 0.1) is 34.5 Å². The molecule has 1 saturated carbocycles. The highest BCUT2D eigenvalue weighted by atomic mass is 16.5. The van der Waals surface area contributed by atoms with Crippen LogP contribution in [0.25, 0.3) is 10.9 Å². The van der Waals surface area contributed by atoms with Crippen molar-refractivity contribution in [3.63, 3.8) is 0 Å². The highest BCUT2D eigenvalue weighted by Crippen LogP contribution is 2.65. The van der Waals surface area contributed by atoms with Crippen LogP contribution in [0.15, 0.2) is 24.3 Å². The third-order valence-corrected chi connectivity index (χ3v) is 7.97. The maximum Gasteiger partial charge on any atom is 0.271 e. The Morgan fingerprint density at radius 1 is 1.38 bits per heavy atom. The maximum absolute atomic E-state index is 13.5. The Hall–Kier alpha value is -3.54. The second-order valence-corrected chi connectivity index (χ2v) is 10.2. The lowest BCUT2D eigenvalue weighted by atomic mass is 9.97. The minimum Gasteiger partial charge on any atom is -0.496 e. The first kappa shape index (κ1) is 22.3. The summed E-state index contributed by atoms with van der Waals surface area (Å²) in [4.78, 5) is 43.7. The number of aromatic nitrogens is 1. The number of nitriles is 1. The number of ether oxygens (including phenoxy) is 1. The van der Waals surface area contributed by atoms with E-state index in [0.29, 0.717) is 31.0 Å². The number of piperidine rings is 1. The fourth-order valence-corrected chi connectivity index (χ4v) is 5.93. The number of hydrogen-bond acceptors (Lipinski definition) is 5. The smallest absolute Gasteiger partial charge is 0.271 e. The molecule has 0 spiro atoms. The van der Waals surface area contributed by atoms with Gasteiger partial charge in [-0.25, -0.2) is 0 Å². The van der Waals surface area contributed by atoms with Crippen molar-refractivity contribution in [3.05, 3.63) is 30.0 Å². The largest absolute Gasteiger partial charge is 0.496 e. The van der Waals surface area contributed by atoms with Gasteiger partial charge in [-0.3, -0.25) is 14.4 Å². The summed E-state index contributed by atoms with van der Waals surface area (Å²) in [6.45, 7) is 5.31. The lowest BCUT2D eigenvalue weighted by Gasteiger charge is -2.30. The van der Waals surface area contributed by atoms with Crippen LogP contribution in [0.1, 0.15) is 37.2 Å². The van der Waals surface area contributed by atoms with Crippen molar-refractivity contribution in [2.45, 2.75) is 38.8 Å². The molecule has 3 N–H and O–H groups in total. The van der Waals surface area contributed by atoms with Gasteiger partial charge in [-0.15, -0.1) is 0 Å². The highest BCUT2D eigenvalue weighted by molar-refractivity contribution is 6.02. The summed E-state index contributed by atoms with van der Waals surface area (Å²) in [6.07, 6.45) is 0.927. The predicted molar refractivity (Wildman–Crippen MR) is 124 cm³/mol. The summed E-state index contributed by atoms with van der Waals surface area (Å²) in [5.41, 5.74) is 1.14. The zero-order valence-corrected chi connectivity index (χ0v) is 19.6. The number of H-pyrrole nitrogens is 1. The van der Waals surface area contributed by atoms with Gasteiger partial charge in [0.25, 0.3) is 5.91 Å². The molecule has 1 aliphatic carbocycles. The standard InChI is InChI=1S/C25H29N5O4/c1-25(2)16-12-30(24(33)18-10-15-17(29-18)5-4-6-19(15)34-3)21(20(16)25)23(32)28-14(11-26)9-13-7-8-27-22(13)31/h4-6,10,13-14,16,20-21,29H,7-9,12H2,1-3H3,(H,27,31)(H,28,32)/t13-,14-,16-,20-,21-/m0/s1. The fourth-order valence-electron chi connectivity index (χ4n) is 5.93. The molecule has 3 fully saturated rings. The van der Waals surface area contributed by atoms with E-state index < -0.39 is 12.1 Å². The van der Waals surface area contributed by atoms with Gasteiger partial charge < -0.3 is 25.3 Å². The normalized spacial score (nSPS) is 27.6. The number of carbonyl (C=O) groups is 3. The number of nitrogens with zero attached hydrogens (tertiary/aromatic N) is 2. The van der Waals surface area contributed by atoms with Crippen molar-refractivity contribution in [2.24, 2.45) is 23.2 Å². The Morgan fingerprint density at radius 3 is 2.85 bits per heavy atom. The van der Waals surface area contributed by atoms with Gasteiger partial charge in [0.05, 0.1) is 13.2 Å². The number of amides is 3. The highest BCUT2D eigenvalue weighted by Gasteiger charge is 2.69. The van der Waals surface area contributed by atoms with Gasteiger partial charge in [0.1, 0.15) is 23.5 Å². The van der Waals surface area contributed by atoms with Gasteiger partial charge in [-0.05, 0) is 48.3 Å². The van der Waals surface area contributed by atoms with Crippen LogP contribution in [-0.2, 0) is 9.59 Å². The van der Waals surface area contributed by atoms with Gasteiger partial charge in [-0.1, -0.05) is 19.9 Å². The van der Waals surface area contributed by atoms with E-state index in [2.05, 4.69) is 35.5 Å². The zero-order valence-electron chi connectivity index (χ0n) is 19.6. The van der Waals surface area contributed by atoms with Crippen LogP contribution in [0.2, 0.25) is 0 Å². The summed E-state index contributed by atoms with van der Waals surface area (Å²) in [7, 11) is 1.58. The quantitative estimate of drug-likeness (QED) is 0.602. The van der Waals surface area contributed by atoms with Gasteiger partial charge in [-0.2, -0.15) is 5.26 Å². The third-order valence-electron chi connectivity index (χ3n) is 7.97. The lowest BCUT2D eigenvalue weighted by Crippen LogP contribution is -2.52. The number of carbonyl (C=O) groups excluding carboxylic acids is 3. The molecular formula is C25H29N5O4. The van der Waals surface area contributed by atoms with Crippen molar-refractivity contribution in [1.82, 2.24) is 20.5 Å². The molecule has 0 unspecified atom stereocenters. The SMILES string of the molecule is COc1cccc2[nH]c(C(=O)N3C[C@H]4[C@@H]([C@H]3C(=O)N[C@H](C#N)C[C@@H]3CCNC3=O)C4(C)C)cc12. The molecule has 2 saturated heterocycles. The van der Waals surface area contributed by atoms with E-state index in [0.717, 1.165) is 10.9 Å². The predicted octanol–water partition coefficient (Wildman–Crippen LogP) is 1.81. The van der Waals surface area contributed by atoms with Gasteiger partial charge in [0, 0.05) is 29.9 Å². The van der Waals surface area contributed by atoms with Crippen molar-refractivity contribution >= 4 is 28.6 Å². The second-order valence-electron chi connectivity index (χ2n) is 10.2. The molecular weight excluding hydrogens is 434 g/mol. The first-order valence-electron chi connectivity index (χ1n) is 11.7. The van der Waals surface area contributed by atoms with Gasteiger partial charge in [0.2, 0.25) is 11.8 Å². The van der Waals surface area contributed by atoms with Crippen molar-refractivity contribution < 1.29 is 19.1 Å². The second kappa shape index (κ2) is 8.05. The summed E-state index contributed by atoms with van der Waals surface area (Å²) < 4.78 is 5.41. The van der Waals surface area contributed by atoms with E-state index in [1.807, 2.05) is 18.2 Å². The summed E-state index contributed by atoms with van der Waals surface area (Å²) in [5, 5.41) is 16.0. The number of fused-ring (bicyclic) bond motifs is 2. The Bertz CT molecular complexity index is 1210. The molecule has 5 atom stereocenters. The molecule has 2 aromatic rings. The van der Waals surface area contributed by atoms with Crippen molar-refractivity contribution in [3.8, 4) is 11.8 Å². The molecule has 1 aromatic carbocycles. The van der Waals surface area contributed by atoms with Crippen LogP contribution in [0.3, 0.4) is 0 Å². The molecule has 3 aliphatic rings. The third kappa shape index (κ3) is 3.49. The molecule has 9 nitrogen and oxygen atoms in total. The maximum atomic E-state index is 13.5. The van der Waals surface area contributed by atoms with Crippen molar-refractivity contribution in [1.29, 1.82) is 5.26 Å². The topological polar surface area (TPSA) is 127 Å². The van der Waals surface area contributed by atoms with Crippen LogP contribution in [0.5, 0.6) is 5.75 Å². The minimum atomic E-state index is -0.781. The van der Waals surface area contributed by atoms with E-state index in [9.17, 15) is 19.6 Å². The Kier molecular flexibility index (Phi) is 5.27. The monoisotopic (exact) mass is 463 g/mol. The average Bonchev–Trinajstić information content (AvgIpc) is 3.33. The Morgan fingerprint density at radius 2 is 2.18 bits per heavy atom. The van der Waals surface area contributed by atoms with Crippen LogP contribution < -0.4 is 15.4 Å². The van der Waals surface area contributed by atoms with Crippen molar-refractivity contribution in [2.75, 3.05) is 20.2 Å². The Balaban J connectivity index is 1.37. The molecule has 5 rings (SSSR count). The molecule has 3 heterocycles. The first-order chi connectivity index (χ1) is 16.3. The van der Waals surface area contributed by atoms with Crippen LogP contribution in [-0.4, -0.2) is 59.9 Å². The fraction of sp³-hybridized carbons (Fsp3) is 0.520. The molecule has 0 radical (unpaired) electrons. The van der Waals surface area contributed by atoms with Gasteiger partial charge >= 0.3 is 0 Å². The number of aromatic amines is 1. The number of methoxy groups -OCH3 is 1. The molecule has 9 heteroatoms. The van der Waals surface area contributed by atoms with E-state index in [1.54, 1.807) is 18.1 Å². The first-order valence-corrected chi connectivity index (χ1v) is 11.7. The Labute approximate surface area is 197 Å². The number of benzene rings is 1. The lowest BCUT2D eigenvalue weighted by molar-refractivity contribution is -0.127. The van der Waals surface area contributed by atoms with Gasteiger partial charge in [0.15, 0.2) is 0 Å². The average molecular weight is 464 g/mol. The number of hydrogen-bond donors (Lipinski definition) is 3. The summed E-state index contributed by atoms with van der Waals surface area (Å²) in [5.74, 6) is -0.00490. The van der Waals surface area contributed by atoms with E-state index >= 15 is 0 Å². The number of likely N-dealkylation sites (tertiary alicyclic amines) is 1. The molecule has 178 valence electrons. The summed E-state index contributed by atoms with van der Waals surface area (Å²) >= 11 is 0. The molecule has 3 amide bonds. The zero-order chi connectivity index (χ0) is 24.2. The molecule has 0 bridgehead atoms. The minimum absolute atomic E-state index is 0.0319. The molecule has 2 aliphatic heterocycles.